The van der Waals surface area contributed by atoms with Crippen LogP contribution in [-0.2, 0) is 12.2 Å². The highest BCUT2D eigenvalue weighted by Crippen LogP contribution is 2.23. The maximum atomic E-state index is 13.2. The number of para-hydroxylation sites is 1. The van der Waals surface area contributed by atoms with Gasteiger partial charge >= 0.3 is 0 Å². The quantitative estimate of drug-likeness (QED) is 0.337. The highest BCUT2D eigenvalue weighted by atomic mass is 32.2. The van der Waals surface area contributed by atoms with E-state index < -0.39 is 0 Å². The molecule has 0 aliphatic heterocycles. The Morgan fingerprint density at radius 3 is 2.79 bits per heavy atom. The highest BCUT2D eigenvalue weighted by molar-refractivity contribution is 7.98. The number of nitrogens with zero attached hydrogens (tertiary/aromatic N) is 5. The van der Waals surface area contributed by atoms with Gasteiger partial charge in [-0.25, -0.2) is 14.5 Å². The van der Waals surface area contributed by atoms with Crippen molar-refractivity contribution in [3.05, 3.63) is 70.2 Å². The van der Waals surface area contributed by atoms with Gasteiger partial charge in [0.1, 0.15) is 5.82 Å². The van der Waals surface area contributed by atoms with Gasteiger partial charge in [-0.3, -0.25) is 4.79 Å². The number of hydrogen-bond donors (Lipinski definition) is 0. The van der Waals surface area contributed by atoms with Gasteiger partial charge in [-0.05, 0) is 37.1 Å². The van der Waals surface area contributed by atoms with Crippen LogP contribution in [0.4, 0.5) is 0 Å². The second kappa shape index (κ2) is 8.57. The summed E-state index contributed by atoms with van der Waals surface area (Å²) in [7, 11) is 0. The van der Waals surface area contributed by atoms with E-state index in [9.17, 15) is 4.79 Å². The molecular weight excluding hydrogens is 386 g/mol. The predicted molar refractivity (Wildman–Crippen MR) is 112 cm³/mol. The van der Waals surface area contributed by atoms with Gasteiger partial charge in [0.05, 0.1) is 16.7 Å². The zero-order valence-electron chi connectivity index (χ0n) is 16.3. The molecule has 0 bridgehead atoms. The van der Waals surface area contributed by atoms with Crippen molar-refractivity contribution in [1.82, 2.24) is 24.7 Å². The number of aromatic nitrogens is 5. The summed E-state index contributed by atoms with van der Waals surface area (Å²) in [6.45, 7) is 4.08. The van der Waals surface area contributed by atoms with E-state index in [1.54, 1.807) is 16.8 Å². The Bertz CT molecular complexity index is 1180. The summed E-state index contributed by atoms with van der Waals surface area (Å²) < 4.78 is 6.89. The summed E-state index contributed by atoms with van der Waals surface area (Å²) in [6.07, 6.45) is 4.65. The second-order valence-corrected chi connectivity index (χ2v) is 7.68. The van der Waals surface area contributed by atoms with Gasteiger partial charge < -0.3 is 4.52 Å². The molecule has 0 saturated carbocycles. The minimum Gasteiger partial charge on any atom is -0.338 e. The van der Waals surface area contributed by atoms with Gasteiger partial charge in [-0.1, -0.05) is 48.5 Å². The lowest BCUT2D eigenvalue weighted by atomic mass is 10.2. The molecule has 148 valence electrons. The van der Waals surface area contributed by atoms with Crippen LogP contribution >= 0.6 is 11.8 Å². The summed E-state index contributed by atoms with van der Waals surface area (Å²) in [5.74, 6) is 2.20. The number of fused-ring (bicyclic) bond motifs is 1. The monoisotopic (exact) mass is 407 g/mol. The van der Waals surface area contributed by atoms with E-state index in [0.29, 0.717) is 39.3 Å². The van der Waals surface area contributed by atoms with E-state index in [2.05, 4.69) is 22.0 Å². The molecule has 29 heavy (non-hydrogen) atoms. The first-order chi connectivity index (χ1) is 14.2. The van der Waals surface area contributed by atoms with Crippen molar-refractivity contribution in [3.63, 3.8) is 0 Å². The van der Waals surface area contributed by atoms with Crippen LogP contribution in [0.2, 0.25) is 0 Å². The number of pyridine rings is 1. The summed E-state index contributed by atoms with van der Waals surface area (Å²) in [6, 6.07) is 11.1. The van der Waals surface area contributed by atoms with Crippen molar-refractivity contribution >= 4 is 22.7 Å². The first kappa shape index (κ1) is 19.3. The lowest BCUT2D eigenvalue weighted by Gasteiger charge is -2.12. The average Bonchev–Trinajstić information content (AvgIpc) is 3.20. The molecule has 0 N–H and O–H groups in total. The molecule has 8 heteroatoms. The summed E-state index contributed by atoms with van der Waals surface area (Å²) in [5, 5.41) is 5.12. The summed E-state index contributed by atoms with van der Waals surface area (Å²) >= 11 is 1.38. The predicted octanol–water partition coefficient (Wildman–Crippen LogP) is 4.11. The molecule has 3 aromatic heterocycles. The van der Waals surface area contributed by atoms with E-state index in [1.165, 1.54) is 11.8 Å². The highest BCUT2D eigenvalue weighted by Gasteiger charge is 2.16. The van der Waals surface area contributed by atoms with Gasteiger partial charge in [0.2, 0.25) is 5.89 Å². The Balaban J connectivity index is 1.70. The molecule has 3 heterocycles. The maximum absolute atomic E-state index is 13.2. The van der Waals surface area contributed by atoms with Crippen LogP contribution in [0.15, 0.2) is 57.1 Å². The number of benzene rings is 1. The molecule has 0 aliphatic carbocycles. The maximum Gasteiger partial charge on any atom is 0.267 e. The van der Waals surface area contributed by atoms with Crippen molar-refractivity contribution in [1.29, 1.82) is 0 Å². The van der Waals surface area contributed by atoms with Gasteiger partial charge in [-0.2, -0.15) is 4.98 Å². The second-order valence-electron chi connectivity index (χ2n) is 6.74. The Kier molecular flexibility index (Phi) is 5.71. The summed E-state index contributed by atoms with van der Waals surface area (Å²) in [4.78, 5) is 26.7. The van der Waals surface area contributed by atoms with Crippen molar-refractivity contribution in [2.75, 3.05) is 0 Å². The van der Waals surface area contributed by atoms with Crippen LogP contribution < -0.4 is 5.56 Å². The molecule has 7 nitrogen and oxygen atoms in total. The molecule has 0 saturated heterocycles. The van der Waals surface area contributed by atoms with E-state index in [-0.39, 0.29) is 5.56 Å². The van der Waals surface area contributed by atoms with Crippen molar-refractivity contribution in [2.24, 2.45) is 0 Å². The molecular formula is C21H21N5O2S. The zero-order chi connectivity index (χ0) is 20.2. The first-order valence-corrected chi connectivity index (χ1v) is 10.5. The van der Waals surface area contributed by atoms with Gasteiger partial charge in [0.25, 0.3) is 5.56 Å². The van der Waals surface area contributed by atoms with E-state index in [0.717, 1.165) is 24.8 Å². The zero-order valence-corrected chi connectivity index (χ0v) is 17.1. The Hall–Kier alpha value is -3.00. The van der Waals surface area contributed by atoms with Crippen LogP contribution in [0.5, 0.6) is 0 Å². The minimum absolute atomic E-state index is 0.149. The lowest BCUT2D eigenvalue weighted by Crippen LogP contribution is -2.22. The number of thioether (sulfide) groups is 1. The van der Waals surface area contributed by atoms with Crippen molar-refractivity contribution in [2.45, 2.75) is 44.0 Å². The van der Waals surface area contributed by atoms with Crippen LogP contribution in [-0.4, -0.2) is 24.7 Å². The van der Waals surface area contributed by atoms with E-state index in [1.807, 2.05) is 37.3 Å². The topological polar surface area (TPSA) is 86.7 Å². The van der Waals surface area contributed by atoms with Crippen molar-refractivity contribution in [3.8, 4) is 5.82 Å². The van der Waals surface area contributed by atoms with Gasteiger partial charge in [-0.15, -0.1) is 0 Å². The van der Waals surface area contributed by atoms with Gasteiger partial charge in [0, 0.05) is 12.6 Å². The van der Waals surface area contributed by atoms with E-state index in [4.69, 9.17) is 9.51 Å². The van der Waals surface area contributed by atoms with Gasteiger partial charge in [0.15, 0.2) is 11.0 Å². The van der Waals surface area contributed by atoms with Crippen LogP contribution in [0, 0.1) is 6.92 Å². The van der Waals surface area contributed by atoms with Crippen LogP contribution in [0.1, 0.15) is 37.0 Å². The third-order valence-electron chi connectivity index (χ3n) is 4.46. The number of hydrogen-bond acceptors (Lipinski definition) is 7. The normalized spacial score (nSPS) is 11.2. The van der Waals surface area contributed by atoms with Crippen molar-refractivity contribution < 1.29 is 4.52 Å². The molecule has 4 rings (SSSR count). The molecule has 0 atom stereocenters. The SMILES string of the molecule is CCCCc1noc(CSc2nc3ccccc3c(=O)n2-c2ccc(C)cn2)n1. The molecule has 0 radical (unpaired) electrons. The number of aryl methyl sites for hydroxylation is 2. The van der Waals surface area contributed by atoms with Crippen LogP contribution in [0.25, 0.3) is 16.7 Å². The molecule has 0 aliphatic rings. The Morgan fingerprint density at radius 1 is 1.14 bits per heavy atom. The minimum atomic E-state index is -0.149. The molecule has 0 fully saturated rings. The molecule has 4 aromatic rings. The standard InChI is InChI=1S/C21H21N5O2S/c1-3-4-9-17-24-19(28-25-17)13-29-21-23-16-8-6-5-7-15(16)20(27)26(21)18-11-10-14(2)12-22-18/h5-8,10-12H,3-4,9,13H2,1-2H3. The lowest BCUT2D eigenvalue weighted by molar-refractivity contribution is 0.384. The van der Waals surface area contributed by atoms with Crippen LogP contribution in [0.3, 0.4) is 0 Å². The Morgan fingerprint density at radius 2 is 2.00 bits per heavy atom. The Labute approximate surface area is 172 Å². The number of rotatable bonds is 7. The third-order valence-corrected chi connectivity index (χ3v) is 5.38. The average molecular weight is 407 g/mol. The first-order valence-electron chi connectivity index (χ1n) is 9.55. The molecule has 0 amide bonds. The summed E-state index contributed by atoms with van der Waals surface area (Å²) in [5.41, 5.74) is 1.52. The molecule has 0 spiro atoms. The van der Waals surface area contributed by atoms with E-state index >= 15 is 0 Å². The smallest absolute Gasteiger partial charge is 0.267 e. The molecule has 1 aromatic carbocycles. The number of unbranched alkanes of at least 4 members (excludes halogenated alkanes) is 1. The fourth-order valence-corrected chi connectivity index (χ4v) is 3.75. The fraction of sp³-hybridized carbons (Fsp3) is 0.286. The largest absolute Gasteiger partial charge is 0.338 e. The molecule has 0 unspecified atom stereocenters. The third kappa shape index (κ3) is 4.22. The fourth-order valence-electron chi connectivity index (χ4n) is 2.91.